The van der Waals surface area contributed by atoms with E-state index in [4.69, 9.17) is 9.15 Å². The standard InChI is InChI=1S/C23H19N3O4/c1-2-29-23(28)18-17(13-6-5-7-14(12-13)21-24-10-11-25-21)20-19(26-22(18)27)15-8-3-4-9-16(15)30-20/h3-9,12H,2,10-11H2,1H3,(H,24,25)(H,26,27). The summed E-state index contributed by atoms with van der Waals surface area (Å²) in [7, 11) is 0. The smallest absolute Gasteiger partial charge is 0.344 e. The highest BCUT2D eigenvalue weighted by atomic mass is 16.5. The van der Waals surface area contributed by atoms with Crippen LogP contribution in [-0.2, 0) is 4.74 Å². The second kappa shape index (κ2) is 7.18. The number of carbonyl (C=O) groups is 1. The lowest BCUT2D eigenvalue weighted by molar-refractivity contribution is 0.0525. The molecule has 30 heavy (non-hydrogen) atoms. The van der Waals surface area contributed by atoms with Crippen LogP contribution in [0.4, 0.5) is 0 Å². The van der Waals surface area contributed by atoms with E-state index in [1.54, 1.807) is 6.92 Å². The van der Waals surface area contributed by atoms with Crippen molar-refractivity contribution in [1.29, 1.82) is 0 Å². The highest BCUT2D eigenvalue weighted by Gasteiger charge is 2.25. The van der Waals surface area contributed by atoms with E-state index in [9.17, 15) is 9.59 Å². The molecule has 0 spiro atoms. The molecule has 0 saturated heterocycles. The first-order chi connectivity index (χ1) is 14.7. The van der Waals surface area contributed by atoms with Crippen molar-refractivity contribution in [3.63, 3.8) is 0 Å². The molecule has 5 rings (SSSR count). The largest absolute Gasteiger partial charge is 0.462 e. The number of benzene rings is 2. The number of hydrogen-bond donors (Lipinski definition) is 2. The van der Waals surface area contributed by atoms with E-state index in [-0.39, 0.29) is 12.2 Å². The molecule has 0 atom stereocenters. The molecule has 2 N–H and O–H groups in total. The van der Waals surface area contributed by atoms with Crippen LogP contribution in [0.25, 0.3) is 33.2 Å². The van der Waals surface area contributed by atoms with Crippen LogP contribution in [0.15, 0.2) is 62.7 Å². The van der Waals surface area contributed by atoms with Crippen molar-refractivity contribution in [2.45, 2.75) is 6.92 Å². The number of rotatable bonds is 4. The Labute approximate surface area is 171 Å². The van der Waals surface area contributed by atoms with Gasteiger partial charge in [-0.05, 0) is 30.7 Å². The third-order valence-corrected chi connectivity index (χ3v) is 5.12. The number of fused-ring (bicyclic) bond motifs is 3. The lowest BCUT2D eigenvalue weighted by Gasteiger charge is -2.11. The molecule has 0 aliphatic carbocycles. The molecule has 0 radical (unpaired) electrons. The van der Waals surface area contributed by atoms with Gasteiger partial charge in [-0.1, -0.05) is 30.3 Å². The van der Waals surface area contributed by atoms with Crippen LogP contribution in [0.5, 0.6) is 0 Å². The van der Waals surface area contributed by atoms with Gasteiger partial charge < -0.3 is 19.5 Å². The Bertz CT molecular complexity index is 1380. The maximum atomic E-state index is 13.0. The van der Waals surface area contributed by atoms with Gasteiger partial charge in [-0.3, -0.25) is 9.79 Å². The number of nitrogens with zero attached hydrogens (tertiary/aromatic N) is 1. The summed E-state index contributed by atoms with van der Waals surface area (Å²) in [4.78, 5) is 33.0. The van der Waals surface area contributed by atoms with E-state index in [1.807, 2.05) is 48.5 Å². The van der Waals surface area contributed by atoms with Gasteiger partial charge in [0.2, 0.25) is 0 Å². The summed E-state index contributed by atoms with van der Waals surface area (Å²) >= 11 is 0. The number of esters is 1. The Morgan fingerprint density at radius 1 is 1.17 bits per heavy atom. The number of pyridine rings is 1. The SMILES string of the molecule is CCOC(=O)c1c(-c2cccc(C3=NCCN3)c2)c2oc3ccccc3c2[nH]c1=O. The van der Waals surface area contributed by atoms with Crippen LogP contribution in [0.3, 0.4) is 0 Å². The van der Waals surface area contributed by atoms with Crippen molar-refractivity contribution in [3.8, 4) is 11.1 Å². The first kappa shape index (κ1) is 18.2. The van der Waals surface area contributed by atoms with Crippen molar-refractivity contribution in [2.24, 2.45) is 4.99 Å². The van der Waals surface area contributed by atoms with E-state index in [0.717, 1.165) is 23.3 Å². The quantitative estimate of drug-likeness (QED) is 0.511. The van der Waals surface area contributed by atoms with Gasteiger partial charge in [0.1, 0.15) is 17.0 Å². The van der Waals surface area contributed by atoms with E-state index >= 15 is 0 Å². The van der Waals surface area contributed by atoms with E-state index < -0.39 is 11.5 Å². The maximum Gasteiger partial charge on any atom is 0.344 e. The van der Waals surface area contributed by atoms with Gasteiger partial charge in [0, 0.05) is 23.1 Å². The predicted octanol–water partition coefficient (Wildman–Crippen LogP) is 3.47. The van der Waals surface area contributed by atoms with Crippen molar-refractivity contribution in [1.82, 2.24) is 10.3 Å². The van der Waals surface area contributed by atoms with E-state index in [1.165, 1.54) is 0 Å². The molecule has 1 aliphatic rings. The number of H-pyrrole nitrogens is 1. The predicted molar refractivity (Wildman–Crippen MR) is 115 cm³/mol. The minimum atomic E-state index is -0.683. The van der Waals surface area contributed by atoms with Crippen LogP contribution in [0.2, 0.25) is 0 Å². The zero-order valence-electron chi connectivity index (χ0n) is 16.3. The number of aliphatic imine (C=N–C) groups is 1. The highest BCUT2D eigenvalue weighted by molar-refractivity contribution is 6.12. The fourth-order valence-corrected chi connectivity index (χ4v) is 3.84. The van der Waals surface area contributed by atoms with Crippen molar-refractivity contribution in [3.05, 3.63) is 70.0 Å². The average molecular weight is 401 g/mol. The highest BCUT2D eigenvalue weighted by Crippen LogP contribution is 2.36. The molecule has 2 aromatic carbocycles. The summed E-state index contributed by atoms with van der Waals surface area (Å²) in [5.74, 6) is 0.109. The number of amidine groups is 1. The van der Waals surface area contributed by atoms with Crippen molar-refractivity contribution < 1.29 is 13.9 Å². The van der Waals surface area contributed by atoms with Gasteiger partial charge in [-0.25, -0.2) is 4.79 Å². The molecule has 7 nitrogen and oxygen atoms in total. The normalized spacial score (nSPS) is 13.4. The molecule has 2 aromatic heterocycles. The van der Waals surface area contributed by atoms with Gasteiger partial charge >= 0.3 is 5.97 Å². The second-order valence-corrected chi connectivity index (χ2v) is 6.96. The summed E-state index contributed by atoms with van der Waals surface area (Å²) in [6.45, 7) is 3.37. The molecule has 150 valence electrons. The Morgan fingerprint density at radius 2 is 2.00 bits per heavy atom. The van der Waals surface area contributed by atoms with Crippen LogP contribution < -0.4 is 10.9 Å². The minimum absolute atomic E-state index is 0.0677. The van der Waals surface area contributed by atoms with E-state index in [2.05, 4.69) is 15.3 Å². The van der Waals surface area contributed by atoms with Crippen LogP contribution in [0.1, 0.15) is 22.8 Å². The topological polar surface area (TPSA) is 96.7 Å². The summed E-state index contributed by atoms with van der Waals surface area (Å²) in [6.07, 6.45) is 0. The lowest BCUT2D eigenvalue weighted by atomic mass is 9.97. The monoisotopic (exact) mass is 401 g/mol. The Kier molecular flexibility index (Phi) is 4.35. The van der Waals surface area contributed by atoms with Crippen LogP contribution in [-0.4, -0.2) is 36.5 Å². The third kappa shape index (κ3) is 2.86. The molecule has 0 fully saturated rings. The third-order valence-electron chi connectivity index (χ3n) is 5.12. The zero-order valence-corrected chi connectivity index (χ0v) is 16.3. The molecule has 0 amide bonds. The Morgan fingerprint density at radius 3 is 2.80 bits per heavy atom. The maximum absolute atomic E-state index is 13.0. The Hall–Kier alpha value is -3.87. The second-order valence-electron chi connectivity index (χ2n) is 6.96. The van der Waals surface area contributed by atoms with Crippen LogP contribution >= 0.6 is 0 Å². The molecule has 0 unspecified atom stereocenters. The molecular formula is C23H19N3O4. The first-order valence-electron chi connectivity index (χ1n) is 9.81. The van der Waals surface area contributed by atoms with Crippen molar-refractivity contribution >= 4 is 33.9 Å². The Balaban J connectivity index is 1.84. The van der Waals surface area contributed by atoms with E-state index in [0.29, 0.717) is 34.4 Å². The summed E-state index contributed by atoms with van der Waals surface area (Å²) < 4.78 is 11.3. The number of carbonyl (C=O) groups excluding carboxylic acids is 1. The molecular weight excluding hydrogens is 382 g/mol. The average Bonchev–Trinajstić information content (AvgIpc) is 3.41. The number of nitrogens with one attached hydrogen (secondary N) is 2. The van der Waals surface area contributed by atoms with Gasteiger partial charge in [0.05, 0.1) is 18.7 Å². The fraction of sp³-hybridized carbons (Fsp3) is 0.174. The van der Waals surface area contributed by atoms with Crippen LogP contribution in [0, 0.1) is 0 Å². The molecule has 7 heteroatoms. The van der Waals surface area contributed by atoms with Gasteiger partial charge in [-0.2, -0.15) is 0 Å². The number of para-hydroxylation sites is 1. The minimum Gasteiger partial charge on any atom is -0.462 e. The molecule has 3 heterocycles. The lowest BCUT2D eigenvalue weighted by Crippen LogP contribution is -2.22. The number of aromatic nitrogens is 1. The number of furan rings is 1. The number of ether oxygens (including phenoxy) is 1. The van der Waals surface area contributed by atoms with Gasteiger partial charge in [0.15, 0.2) is 5.58 Å². The number of hydrogen-bond acceptors (Lipinski definition) is 6. The fourth-order valence-electron chi connectivity index (χ4n) is 3.84. The first-order valence-corrected chi connectivity index (χ1v) is 9.81. The molecule has 1 aliphatic heterocycles. The molecule has 4 aromatic rings. The number of aromatic amines is 1. The summed E-state index contributed by atoms with van der Waals surface area (Å²) in [5.41, 5.74) is 3.03. The molecule has 0 bridgehead atoms. The molecule has 0 saturated carbocycles. The van der Waals surface area contributed by atoms with Crippen molar-refractivity contribution in [2.75, 3.05) is 19.7 Å². The summed E-state index contributed by atoms with van der Waals surface area (Å²) in [6, 6.07) is 15.0. The summed E-state index contributed by atoms with van der Waals surface area (Å²) in [5, 5.41) is 4.02. The zero-order chi connectivity index (χ0) is 20.7. The van der Waals surface area contributed by atoms with Gasteiger partial charge in [0.25, 0.3) is 5.56 Å². The van der Waals surface area contributed by atoms with Gasteiger partial charge in [-0.15, -0.1) is 0 Å².